The summed E-state index contributed by atoms with van der Waals surface area (Å²) in [7, 11) is 1.31. The molecule has 112 valence electrons. The second-order valence-electron chi connectivity index (χ2n) is 4.10. The molecule has 2 aromatic rings. The Hall–Kier alpha value is -2.45. The van der Waals surface area contributed by atoms with Crippen LogP contribution in [0.25, 0.3) is 0 Å². The Morgan fingerprint density at radius 2 is 2.10 bits per heavy atom. The van der Waals surface area contributed by atoms with Crippen molar-refractivity contribution in [1.29, 1.82) is 0 Å². The predicted molar refractivity (Wildman–Crippen MR) is 62.5 cm³/mol. The molecule has 5 nitrogen and oxygen atoms in total. The molecule has 9 heteroatoms. The number of ether oxygens (including phenoxy) is 1. The second kappa shape index (κ2) is 5.51. The molecule has 1 aromatic carbocycles. The van der Waals surface area contributed by atoms with Gasteiger partial charge in [0.15, 0.2) is 17.3 Å². The lowest BCUT2D eigenvalue weighted by molar-refractivity contribution is -0.0888. The van der Waals surface area contributed by atoms with Crippen LogP contribution >= 0.6 is 0 Å². The number of alkyl halides is 3. The topological polar surface area (TPSA) is 57.0 Å². The zero-order valence-electron chi connectivity index (χ0n) is 10.7. The molecule has 0 fully saturated rings. The van der Waals surface area contributed by atoms with Crippen LogP contribution in [-0.4, -0.2) is 34.1 Å². The van der Waals surface area contributed by atoms with Crippen molar-refractivity contribution in [1.82, 2.24) is 15.0 Å². The Kier molecular flexibility index (Phi) is 3.92. The van der Waals surface area contributed by atoms with Gasteiger partial charge in [-0.05, 0) is 17.7 Å². The third-order valence-corrected chi connectivity index (χ3v) is 2.59. The molecule has 0 amide bonds. The van der Waals surface area contributed by atoms with E-state index in [1.165, 1.54) is 19.2 Å². The van der Waals surface area contributed by atoms with E-state index in [4.69, 9.17) is 4.74 Å². The Morgan fingerprint density at radius 1 is 1.38 bits per heavy atom. The highest BCUT2D eigenvalue weighted by molar-refractivity contribution is 5.98. The van der Waals surface area contributed by atoms with E-state index in [-0.39, 0.29) is 12.3 Å². The number of rotatable bonds is 4. The van der Waals surface area contributed by atoms with E-state index in [1.54, 1.807) is 0 Å². The quantitative estimate of drug-likeness (QED) is 0.642. The number of hydrogen-bond donors (Lipinski definition) is 0. The van der Waals surface area contributed by atoms with E-state index in [9.17, 15) is 22.4 Å². The SMILES string of the molecule is COc1ccc(Cn2cc(C(=O)C(F)(F)F)nn2)cc1F. The van der Waals surface area contributed by atoms with Gasteiger partial charge in [-0.3, -0.25) is 4.79 Å². The highest BCUT2D eigenvalue weighted by atomic mass is 19.4. The van der Waals surface area contributed by atoms with Gasteiger partial charge in [-0.25, -0.2) is 9.07 Å². The summed E-state index contributed by atoms with van der Waals surface area (Å²) >= 11 is 0. The molecule has 21 heavy (non-hydrogen) atoms. The standard InChI is InChI=1S/C12H9F4N3O2/c1-21-10-3-2-7(4-8(10)13)5-19-6-9(17-18-19)11(20)12(14,15)16/h2-4,6H,5H2,1H3. The molecule has 0 aliphatic rings. The molecule has 0 spiro atoms. The molecule has 0 atom stereocenters. The number of carbonyl (C=O) groups excluding carboxylic acids is 1. The molecule has 0 N–H and O–H groups in total. The summed E-state index contributed by atoms with van der Waals surface area (Å²) in [4.78, 5) is 11.0. The number of halogens is 4. The van der Waals surface area contributed by atoms with E-state index in [1.807, 2.05) is 0 Å². The smallest absolute Gasteiger partial charge is 0.456 e. The van der Waals surface area contributed by atoms with Crippen molar-refractivity contribution in [2.75, 3.05) is 7.11 Å². The van der Waals surface area contributed by atoms with Gasteiger partial charge in [-0.2, -0.15) is 13.2 Å². The molecule has 0 bridgehead atoms. The Balaban J connectivity index is 2.16. The van der Waals surface area contributed by atoms with Gasteiger partial charge in [-0.15, -0.1) is 5.10 Å². The van der Waals surface area contributed by atoms with Crippen LogP contribution in [0.3, 0.4) is 0 Å². The van der Waals surface area contributed by atoms with Crippen molar-refractivity contribution in [2.24, 2.45) is 0 Å². The van der Waals surface area contributed by atoms with Crippen molar-refractivity contribution in [3.63, 3.8) is 0 Å². The van der Waals surface area contributed by atoms with E-state index < -0.39 is 23.5 Å². The molecular weight excluding hydrogens is 294 g/mol. The van der Waals surface area contributed by atoms with Crippen LogP contribution in [0.4, 0.5) is 17.6 Å². The van der Waals surface area contributed by atoms with Crippen LogP contribution in [0, 0.1) is 5.82 Å². The Labute approximate surface area is 116 Å². The van der Waals surface area contributed by atoms with Gasteiger partial charge in [0.05, 0.1) is 19.9 Å². The summed E-state index contributed by atoms with van der Waals surface area (Å²) in [5.41, 5.74) is -0.374. The van der Waals surface area contributed by atoms with Gasteiger partial charge >= 0.3 is 6.18 Å². The zero-order valence-corrected chi connectivity index (χ0v) is 10.7. The third-order valence-electron chi connectivity index (χ3n) is 2.59. The number of nitrogens with zero attached hydrogens (tertiary/aromatic N) is 3. The van der Waals surface area contributed by atoms with Gasteiger partial charge in [0.1, 0.15) is 0 Å². The maximum absolute atomic E-state index is 13.5. The molecule has 0 radical (unpaired) electrons. The number of Topliss-reactive ketones (excluding diaryl/α,β-unsaturated/α-hetero) is 1. The van der Waals surface area contributed by atoms with Gasteiger partial charge in [0.25, 0.3) is 5.78 Å². The monoisotopic (exact) mass is 303 g/mol. The summed E-state index contributed by atoms with van der Waals surface area (Å²) in [6, 6.07) is 4.06. The number of methoxy groups -OCH3 is 1. The highest BCUT2D eigenvalue weighted by Crippen LogP contribution is 2.21. The molecule has 0 saturated carbocycles. The molecule has 2 rings (SSSR count). The molecular formula is C12H9F4N3O2. The Bertz CT molecular complexity index is 667. The van der Waals surface area contributed by atoms with Crippen LogP contribution in [0.5, 0.6) is 5.75 Å². The average Bonchev–Trinajstić information content (AvgIpc) is 2.85. The lowest BCUT2D eigenvalue weighted by atomic mass is 10.2. The van der Waals surface area contributed by atoms with Crippen molar-refractivity contribution >= 4 is 5.78 Å². The molecule has 0 saturated heterocycles. The van der Waals surface area contributed by atoms with Crippen LogP contribution in [0.1, 0.15) is 16.1 Å². The van der Waals surface area contributed by atoms with E-state index in [0.717, 1.165) is 16.9 Å². The van der Waals surface area contributed by atoms with E-state index in [0.29, 0.717) is 5.56 Å². The van der Waals surface area contributed by atoms with Crippen molar-refractivity contribution in [3.8, 4) is 5.75 Å². The first-order valence-corrected chi connectivity index (χ1v) is 5.65. The maximum atomic E-state index is 13.5. The molecule has 0 aliphatic carbocycles. The van der Waals surface area contributed by atoms with Gasteiger partial charge in [-0.1, -0.05) is 11.3 Å². The number of aromatic nitrogens is 3. The summed E-state index contributed by atoms with van der Waals surface area (Å²) in [5.74, 6) is -2.64. The van der Waals surface area contributed by atoms with Crippen molar-refractivity contribution in [2.45, 2.75) is 12.7 Å². The lowest BCUT2D eigenvalue weighted by Crippen LogP contribution is -2.23. The molecule has 1 heterocycles. The maximum Gasteiger partial charge on any atom is 0.456 e. The van der Waals surface area contributed by atoms with E-state index >= 15 is 0 Å². The summed E-state index contributed by atoms with van der Waals surface area (Å²) in [6.07, 6.45) is -4.15. The molecule has 0 aliphatic heterocycles. The predicted octanol–water partition coefficient (Wildman–Crippen LogP) is 2.22. The van der Waals surface area contributed by atoms with Gasteiger partial charge in [0.2, 0.25) is 0 Å². The van der Waals surface area contributed by atoms with Gasteiger partial charge in [0, 0.05) is 0 Å². The minimum absolute atomic E-state index is 0.0287. The minimum Gasteiger partial charge on any atom is -0.494 e. The first kappa shape index (κ1) is 14.9. The fourth-order valence-electron chi connectivity index (χ4n) is 1.62. The van der Waals surface area contributed by atoms with Crippen molar-refractivity contribution in [3.05, 3.63) is 41.5 Å². The van der Waals surface area contributed by atoms with Crippen LogP contribution in [-0.2, 0) is 6.54 Å². The number of hydrogen-bond acceptors (Lipinski definition) is 4. The number of benzene rings is 1. The van der Waals surface area contributed by atoms with Crippen molar-refractivity contribution < 1.29 is 27.1 Å². The van der Waals surface area contributed by atoms with Crippen LogP contribution in [0.2, 0.25) is 0 Å². The largest absolute Gasteiger partial charge is 0.494 e. The second-order valence-corrected chi connectivity index (χ2v) is 4.10. The lowest BCUT2D eigenvalue weighted by Gasteiger charge is -2.05. The summed E-state index contributed by atoms with van der Waals surface area (Å²) in [6.45, 7) is -0.0287. The van der Waals surface area contributed by atoms with Crippen LogP contribution in [0.15, 0.2) is 24.4 Å². The fourth-order valence-corrected chi connectivity index (χ4v) is 1.62. The van der Waals surface area contributed by atoms with Crippen LogP contribution < -0.4 is 4.74 Å². The summed E-state index contributed by atoms with van der Waals surface area (Å²) < 4.78 is 55.9. The minimum atomic E-state index is -5.01. The summed E-state index contributed by atoms with van der Waals surface area (Å²) in [5, 5.41) is 6.57. The Morgan fingerprint density at radius 3 is 2.67 bits per heavy atom. The molecule has 0 unspecified atom stereocenters. The number of ketones is 1. The number of carbonyl (C=O) groups is 1. The first-order valence-electron chi connectivity index (χ1n) is 5.65. The fraction of sp³-hybridized carbons (Fsp3) is 0.250. The zero-order chi connectivity index (χ0) is 15.6. The highest BCUT2D eigenvalue weighted by Gasteiger charge is 2.41. The normalized spacial score (nSPS) is 11.5. The third kappa shape index (κ3) is 3.36. The first-order chi connectivity index (χ1) is 9.81. The average molecular weight is 303 g/mol. The van der Waals surface area contributed by atoms with Gasteiger partial charge < -0.3 is 4.74 Å². The molecule has 1 aromatic heterocycles. The van der Waals surface area contributed by atoms with E-state index in [2.05, 4.69) is 10.3 Å².